The number of anilines is 3. The number of amides is 2. The number of urea groups is 1. The first-order valence-electron chi connectivity index (χ1n) is 8.26. The first-order chi connectivity index (χ1) is 13.1. The van der Waals surface area contributed by atoms with Crippen LogP contribution in [0.25, 0.3) is 16.6 Å². The van der Waals surface area contributed by atoms with Gasteiger partial charge in [0.05, 0.1) is 17.4 Å². The third-order valence-corrected chi connectivity index (χ3v) is 4.87. The summed E-state index contributed by atoms with van der Waals surface area (Å²) in [4.78, 5) is 16.4. The fourth-order valence-electron chi connectivity index (χ4n) is 2.87. The van der Waals surface area contributed by atoms with Crippen molar-refractivity contribution < 1.29 is 4.79 Å². The molecule has 0 fully saturated rings. The van der Waals surface area contributed by atoms with Gasteiger partial charge in [-0.2, -0.15) is 0 Å². The lowest BCUT2D eigenvalue weighted by Gasteiger charge is -2.10. The summed E-state index contributed by atoms with van der Waals surface area (Å²) in [6.45, 7) is 0. The number of imidazole rings is 1. The Labute approximate surface area is 164 Å². The fourth-order valence-corrected chi connectivity index (χ4v) is 3.25. The van der Waals surface area contributed by atoms with Crippen LogP contribution in [-0.2, 0) is 0 Å². The minimum atomic E-state index is -0.305. The Morgan fingerprint density at radius 1 is 1.00 bits per heavy atom. The number of nitrogen functional groups attached to an aromatic ring is 1. The van der Waals surface area contributed by atoms with Gasteiger partial charge in [0.15, 0.2) is 0 Å². The number of halogens is 1. The van der Waals surface area contributed by atoms with Gasteiger partial charge in [0.1, 0.15) is 0 Å². The molecule has 4 rings (SSSR count). The Hall–Kier alpha value is -3.32. The van der Waals surface area contributed by atoms with E-state index in [1.165, 1.54) is 0 Å². The van der Waals surface area contributed by atoms with Crippen LogP contribution in [-0.4, -0.2) is 15.4 Å². The SMILES string of the molecule is Nc1ncc2c(-c3ccc(NC(=O)Nc4ccccc4Br)cc3)cccn12. The number of fused-ring (bicyclic) bond motifs is 1. The van der Waals surface area contributed by atoms with Crippen LogP contribution in [0.2, 0.25) is 0 Å². The zero-order valence-corrected chi connectivity index (χ0v) is 15.8. The van der Waals surface area contributed by atoms with Crippen LogP contribution in [0, 0.1) is 0 Å². The van der Waals surface area contributed by atoms with Gasteiger partial charge in [-0.15, -0.1) is 0 Å². The van der Waals surface area contributed by atoms with Gasteiger partial charge >= 0.3 is 6.03 Å². The molecule has 2 aromatic heterocycles. The normalized spacial score (nSPS) is 10.7. The molecule has 7 heteroatoms. The van der Waals surface area contributed by atoms with E-state index >= 15 is 0 Å². The second-order valence-electron chi connectivity index (χ2n) is 5.93. The maximum atomic E-state index is 12.2. The van der Waals surface area contributed by atoms with Crippen molar-refractivity contribution in [1.82, 2.24) is 9.38 Å². The van der Waals surface area contributed by atoms with Gasteiger partial charge in [-0.25, -0.2) is 9.78 Å². The van der Waals surface area contributed by atoms with Crippen molar-refractivity contribution in [1.29, 1.82) is 0 Å². The Balaban J connectivity index is 1.52. The second kappa shape index (κ2) is 7.13. The van der Waals surface area contributed by atoms with Gasteiger partial charge < -0.3 is 16.4 Å². The summed E-state index contributed by atoms with van der Waals surface area (Å²) in [6.07, 6.45) is 3.63. The van der Waals surface area contributed by atoms with E-state index in [1.54, 1.807) is 6.20 Å². The highest BCUT2D eigenvalue weighted by Gasteiger charge is 2.08. The standard InChI is InChI=1S/C20H16BrN5O/c21-16-5-1-2-6-17(16)25-20(27)24-14-9-7-13(8-10-14)15-4-3-11-26-18(15)12-23-19(26)22/h1-12H,(H2,22,23)(H2,24,25,27). The van der Waals surface area contributed by atoms with Crippen molar-refractivity contribution in [2.24, 2.45) is 0 Å². The molecule has 2 heterocycles. The van der Waals surface area contributed by atoms with Crippen LogP contribution in [0.1, 0.15) is 0 Å². The number of aromatic nitrogens is 2. The quantitative estimate of drug-likeness (QED) is 0.435. The molecule has 2 amide bonds. The molecule has 2 aromatic carbocycles. The first kappa shape index (κ1) is 17.1. The van der Waals surface area contributed by atoms with Gasteiger partial charge in [-0.1, -0.05) is 30.3 Å². The summed E-state index contributed by atoms with van der Waals surface area (Å²) in [5, 5.41) is 5.64. The molecule has 6 nitrogen and oxygen atoms in total. The minimum Gasteiger partial charge on any atom is -0.369 e. The van der Waals surface area contributed by atoms with Crippen LogP contribution in [0.15, 0.2) is 77.5 Å². The molecule has 0 saturated carbocycles. The molecular weight excluding hydrogens is 406 g/mol. The number of nitrogens with one attached hydrogen (secondary N) is 2. The van der Waals surface area contributed by atoms with E-state index in [0.717, 1.165) is 21.1 Å². The molecule has 0 aliphatic carbocycles. The van der Waals surface area contributed by atoms with Crippen molar-refractivity contribution in [3.63, 3.8) is 0 Å². The predicted molar refractivity (Wildman–Crippen MR) is 112 cm³/mol. The number of hydrogen-bond donors (Lipinski definition) is 3. The molecule has 27 heavy (non-hydrogen) atoms. The molecule has 4 aromatic rings. The average molecular weight is 422 g/mol. The number of rotatable bonds is 3. The number of nitrogens with zero attached hydrogens (tertiary/aromatic N) is 2. The minimum absolute atomic E-state index is 0.305. The molecule has 0 radical (unpaired) electrons. The Bertz CT molecular complexity index is 1120. The monoisotopic (exact) mass is 421 g/mol. The first-order valence-corrected chi connectivity index (χ1v) is 9.05. The zero-order chi connectivity index (χ0) is 18.8. The molecule has 134 valence electrons. The van der Waals surface area contributed by atoms with E-state index in [0.29, 0.717) is 17.3 Å². The third kappa shape index (κ3) is 3.50. The van der Waals surface area contributed by atoms with Gasteiger partial charge in [0.25, 0.3) is 0 Å². The summed E-state index contributed by atoms with van der Waals surface area (Å²) in [5.41, 5.74) is 10.2. The summed E-state index contributed by atoms with van der Waals surface area (Å²) < 4.78 is 2.66. The van der Waals surface area contributed by atoms with Gasteiger partial charge in [0.2, 0.25) is 5.95 Å². The van der Waals surface area contributed by atoms with E-state index < -0.39 is 0 Å². The summed E-state index contributed by atoms with van der Waals surface area (Å²) in [6, 6.07) is 18.7. The van der Waals surface area contributed by atoms with E-state index in [4.69, 9.17) is 5.73 Å². The number of carbonyl (C=O) groups is 1. The number of nitrogens with two attached hydrogens (primary N) is 1. The van der Waals surface area contributed by atoms with Crippen molar-refractivity contribution in [3.8, 4) is 11.1 Å². The average Bonchev–Trinajstić information content (AvgIpc) is 3.06. The van der Waals surface area contributed by atoms with Gasteiger partial charge in [-0.3, -0.25) is 4.40 Å². The van der Waals surface area contributed by atoms with E-state index in [9.17, 15) is 4.79 Å². The van der Waals surface area contributed by atoms with Crippen LogP contribution in [0.5, 0.6) is 0 Å². The molecule has 0 unspecified atom stereocenters. The maximum Gasteiger partial charge on any atom is 0.323 e. The highest BCUT2D eigenvalue weighted by Crippen LogP contribution is 2.27. The van der Waals surface area contributed by atoms with Crippen LogP contribution in [0.4, 0.5) is 22.1 Å². The highest BCUT2D eigenvalue weighted by molar-refractivity contribution is 9.10. The van der Waals surface area contributed by atoms with Gasteiger partial charge in [0, 0.05) is 21.9 Å². The van der Waals surface area contributed by atoms with Gasteiger partial charge in [-0.05, 0) is 51.8 Å². The van der Waals surface area contributed by atoms with Crippen molar-refractivity contribution in [3.05, 3.63) is 77.5 Å². The molecule has 4 N–H and O–H groups in total. The molecular formula is C20H16BrN5O. The summed E-state index contributed by atoms with van der Waals surface area (Å²) in [7, 11) is 0. The number of carbonyl (C=O) groups excluding carboxylic acids is 1. The highest BCUT2D eigenvalue weighted by atomic mass is 79.9. The number of pyridine rings is 1. The third-order valence-electron chi connectivity index (χ3n) is 4.18. The summed E-state index contributed by atoms with van der Waals surface area (Å²) in [5.74, 6) is 0.453. The van der Waals surface area contributed by atoms with E-state index in [2.05, 4.69) is 31.5 Å². The number of benzene rings is 2. The molecule has 0 bridgehead atoms. The van der Waals surface area contributed by atoms with Crippen molar-refractivity contribution >= 4 is 44.8 Å². The maximum absolute atomic E-state index is 12.2. The molecule has 0 saturated heterocycles. The molecule has 0 spiro atoms. The Morgan fingerprint density at radius 2 is 1.78 bits per heavy atom. The smallest absolute Gasteiger partial charge is 0.323 e. The molecule has 0 aliphatic heterocycles. The van der Waals surface area contributed by atoms with Crippen LogP contribution in [0.3, 0.4) is 0 Å². The molecule has 0 aliphatic rings. The van der Waals surface area contributed by atoms with Crippen LogP contribution >= 0.6 is 15.9 Å². The van der Waals surface area contributed by atoms with Crippen LogP contribution < -0.4 is 16.4 Å². The Morgan fingerprint density at radius 3 is 2.56 bits per heavy atom. The second-order valence-corrected chi connectivity index (χ2v) is 6.78. The van der Waals surface area contributed by atoms with E-state index in [-0.39, 0.29) is 6.03 Å². The van der Waals surface area contributed by atoms with Crippen molar-refractivity contribution in [2.75, 3.05) is 16.4 Å². The number of para-hydroxylation sites is 1. The lowest BCUT2D eigenvalue weighted by Crippen LogP contribution is -2.19. The molecule has 0 atom stereocenters. The topological polar surface area (TPSA) is 84.4 Å². The Kier molecular flexibility index (Phi) is 4.52. The van der Waals surface area contributed by atoms with E-state index in [1.807, 2.05) is 71.3 Å². The number of hydrogen-bond acceptors (Lipinski definition) is 3. The predicted octanol–water partition coefficient (Wildman–Crippen LogP) is 4.99. The fraction of sp³-hybridized carbons (Fsp3) is 0. The van der Waals surface area contributed by atoms with Crippen molar-refractivity contribution in [2.45, 2.75) is 0 Å². The zero-order valence-electron chi connectivity index (χ0n) is 14.2. The lowest BCUT2D eigenvalue weighted by molar-refractivity contribution is 0.262. The largest absolute Gasteiger partial charge is 0.369 e. The lowest BCUT2D eigenvalue weighted by atomic mass is 10.1. The summed E-state index contributed by atoms with van der Waals surface area (Å²) >= 11 is 3.41.